The van der Waals surface area contributed by atoms with Crippen molar-refractivity contribution in [3.8, 4) is 5.75 Å². The van der Waals surface area contributed by atoms with Crippen LogP contribution in [0.1, 0.15) is 44.4 Å². The van der Waals surface area contributed by atoms with Gasteiger partial charge >= 0.3 is 0 Å². The smallest absolute Gasteiger partial charge is 0.254 e. The monoisotopic (exact) mass is 522 g/mol. The van der Waals surface area contributed by atoms with Crippen LogP contribution in [-0.4, -0.2) is 47.0 Å². The molecule has 2 aliphatic heterocycles. The lowest BCUT2D eigenvalue weighted by Gasteiger charge is -2.38. The molecule has 194 valence electrons. The molecule has 0 aromatic heterocycles. The molecular weight excluding hydrogens is 491 g/mol. The van der Waals surface area contributed by atoms with Crippen molar-refractivity contribution in [1.82, 2.24) is 15.1 Å². The summed E-state index contributed by atoms with van der Waals surface area (Å²) in [5, 5.41) is 5.55. The van der Waals surface area contributed by atoms with Crippen molar-refractivity contribution in [3.05, 3.63) is 87.9 Å². The van der Waals surface area contributed by atoms with Crippen LogP contribution in [0, 0.1) is 5.82 Å². The molecule has 2 amide bonds. The number of benzene rings is 2. The number of hydrogen-bond donors (Lipinski definition) is 1. The molecule has 1 atom stereocenters. The van der Waals surface area contributed by atoms with Gasteiger partial charge in [-0.15, -0.1) is 0 Å². The Hall–Kier alpha value is -3.59. The fraction of sp³-hybridized carbons (Fsp3) is 0.321. The van der Waals surface area contributed by atoms with Gasteiger partial charge in [-0.25, -0.2) is 9.38 Å². The molecule has 0 bridgehead atoms. The standard InChI is InChI=1S/C28H31FN4O3S/c1-5-32(6-2)27(35)25-18(3)31-28-33(26(25)20-8-7-9-23(14-20)36-4)22(17-37-28)15-24(34)30-16-19-10-12-21(29)13-11-19/h7-14,17,26H,5-6,15-16H2,1-4H3,(H,30,34). The van der Waals surface area contributed by atoms with Gasteiger partial charge < -0.3 is 19.9 Å². The number of thioether (sulfide) groups is 1. The van der Waals surface area contributed by atoms with Crippen LogP contribution in [0.5, 0.6) is 5.75 Å². The van der Waals surface area contributed by atoms with Crippen LogP contribution in [0.3, 0.4) is 0 Å². The molecule has 0 fully saturated rings. The number of fused-ring (bicyclic) bond motifs is 1. The average molecular weight is 523 g/mol. The van der Waals surface area contributed by atoms with E-state index in [1.807, 2.05) is 55.3 Å². The normalized spacial score (nSPS) is 16.7. The molecule has 1 N–H and O–H groups in total. The second kappa shape index (κ2) is 11.6. The number of nitrogens with zero attached hydrogens (tertiary/aromatic N) is 3. The molecule has 2 aliphatic rings. The number of carbonyl (C=O) groups excluding carboxylic acids is 2. The molecule has 0 radical (unpaired) electrons. The minimum absolute atomic E-state index is 0.0740. The van der Waals surface area contributed by atoms with Crippen LogP contribution < -0.4 is 10.1 Å². The number of amides is 2. The summed E-state index contributed by atoms with van der Waals surface area (Å²) >= 11 is 1.44. The number of carbonyl (C=O) groups is 2. The topological polar surface area (TPSA) is 74.2 Å². The van der Waals surface area contributed by atoms with E-state index in [0.717, 1.165) is 22.0 Å². The van der Waals surface area contributed by atoms with E-state index >= 15 is 0 Å². The van der Waals surface area contributed by atoms with Crippen molar-refractivity contribution < 1.29 is 18.7 Å². The Bertz CT molecular complexity index is 1270. The van der Waals surface area contributed by atoms with Crippen LogP contribution in [0.4, 0.5) is 4.39 Å². The number of likely N-dealkylation sites (N-methyl/N-ethyl adjacent to an activating group) is 1. The molecule has 1 unspecified atom stereocenters. The first-order valence-corrected chi connectivity index (χ1v) is 13.1. The average Bonchev–Trinajstić information content (AvgIpc) is 3.29. The van der Waals surface area contributed by atoms with Crippen molar-refractivity contribution in [2.75, 3.05) is 20.2 Å². The van der Waals surface area contributed by atoms with Crippen molar-refractivity contribution in [1.29, 1.82) is 0 Å². The lowest BCUT2D eigenvalue weighted by atomic mass is 9.92. The number of ether oxygens (including phenoxy) is 1. The van der Waals surface area contributed by atoms with E-state index in [9.17, 15) is 14.0 Å². The van der Waals surface area contributed by atoms with E-state index < -0.39 is 6.04 Å². The quantitative estimate of drug-likeness (QED) is 0.503. The fourth-order valence-electron chi connectivity index (χ4n) is 4.48. The zero-order chi connectivity index (χ0) is 26.5. The van der Waals surface area contributed by atoms with E-state index in [4.69, 9.17) is 9.73 Å². The number of nitrogens with one attached hydrogen (secondary N) is 1. The van der Waals surface area contributed by atoms with Gasteiger partial charge in [0.2, 0.25) is 5.91 Å². The highest BCUT2D eigenvalue weighted by molar-refractivity contribution is 8.16. The van der Waals surface area contributed by atoms with Gasteiger partial charge in [-0.05, 0) is 61.6 Å². The Labute approximate surface area is 221 Å². The van der Waals surface area contributed by atoms with Gasteiger partial charge in [0, 0.05) is 25.3 Å². The van der Waals surface area contributed by atoms with Crippen LogP contribution in [0.2, 0.25) is 0 Å². The first kappa shape index (κ1) is 26.5. The number of amidine groups is 1. The van der Waals surface area contributed by atoms with E-state index in [0.29, 0.717) is 36.7 Å². The Kier molecular flexibility index (Phi) is 8.33. The lowest BCUT2D eigenvalue weighted by Crippen LogP contribution is -2.42. The summed E-state index contributed by atoms with van der Waals surface area (Å²) in [5.41, 5.74) is 3.69. The molecule has 2 heterocycles. The van der Waals surface area contributed by atoms with Gasteiger partial charge in [0.05, 0.1) is 30.8 Å². The molecular formula is C28H31FN4O3S. The van der Waals surface area contributed by atoms with E-state index in [-0.39, 0.29) is 24.1 Å². The molecule has 2 aromatic carbocycles. The number of aliphatic imine (C=N–C) groups is 1. The van der Waals surface area contributed by atoms with Gasteiger partial charge in [-0.2, -0.15) is 0 Å². The fourth-order valence-corrected chi connectivity index (χ4v) is 5.45. The second-order valence-corrected chi connectivity index (χ2v) is 9.56. The summed E-state index contributed by atoms with van der Waals surface area (Å²) in [6, 6.07) is 13.2. The highest BCUT2D eigenvalue weighted by Gasteiger charge is 2.41. The third-order valence-corrected chi connectivity index (χ3v) is 7.32. The van der Waals surface area contributed by atoms with Crippen LogP contribution in [0.25, 0.3) is 0 Å². The zero-order valence-corrected chi connectivity index (χ0v) is 22.3. The second-order valence-electron chi connectivity index (χ2n) is 8.73. The Morgan fingerprint density at radius 3 is 2.57 bits per heavy atom. The van der Waals surface area contributed by atoms with Gasteiger partial charge in [0.1, 0.15) is 11.6 Å². The minimum atomic E-state index is -0.457. The number of hydrogen-bond acceptors (Lipinski definition) is 6. The maximum absolute atomic E-state index is 13.7. The summed E-state index contributed by atoms with van der Waals surface area (Å²) in [5.74, 6) is 0.116. The van der Waals surface area contributed by atoms with Crippen molar-refractivity contribution in [2.24, 2.45) is 4.99 Å². The molecule has 0 saturated carbocycles. The summed E-state index contributed by atoms with van der Waals surface area (Å²) in [6.45, 7) is 7.23. The molecule has 0 aliphatic carbocycles. The van der Waals surface area contributed by atoms with Gasteiger partial charge in [0.15, 0.2) is 5.17 Å². The molecule has 0 spiro atoms. The summed E-state index contributed by atoms with van der Waals surface area (Å²) in [7, 11) is 1.61. The van der Waals surface area contributed by atoms with Gasteiger partial charge in [-0.3, -0.25) is 9.59 Å². The predicted octanol–water partition coefficient (Wildman–Crippen LogP) is 4.98. The molecule has 9 heteroatoms. The number of rotatable bonds is 9. The van der Waals surface area contributed by atoms with Crippen LogP contribution >= 0.6 is 11.8 Å². The Morgan fingerprint density at radius 2 is 1.89 bits per heavy atom. The van der Waals surface area contributed by atoms with Crippen molar-refractivity contribution in [2.45, 2.75) is 39.8 Å². The van der Waals surface area contributed by atoms with Crippen molar-refractivity contribution >= 4 is 28.7 Å². The summed E-state index contributed by atoms with van der Waals surface area (Å²) in [6.07, 6.45) is 0.111. The van der Waals surface area contributed by atoms with Gasteiger partial charge in [-0.1, -0.05) is 36.0 Å². The number of allylic oxidation sites excluding steroid dienone is 1. The largest absolute Gasteiger partial charge is 0.497 e. The SMILES string of the molecule is CCN(CC)C(=O)C1=C(C)N=C2SC=C(CC(=O)NCc3ccc(F)cc3)N2C1c1cccc(OC)c1. The first-order valence-electron chi connectivity index (χ1n) is 12.2. The summed E-state index contributed by atoms with van der Waals surface area (Å²) in [4.78, 5) is 35.2. The van der Waals surface area contributed by atoms with E-state index in [2.05, 4.69) is 5.32 Å². The van der Waals surface area contributed by atoms with E-state index in [1.54, 1.807) is 24.1 Å². The maximum atomic E-state index is 13.7. The lowest BCUT2D eigenvalue weighted by molar-refractivity contribution is -0.127. The zero-order valence-electron chi connectivity index (χ0n) is 21.5. The molecule has 4 rings (SSSR count). The Morgan fingerprint density at radius 1 is 1.16 bits per heavy atom. The number of methoxy groups -OCH3 is 1. The third-order valence-electron chi connectivity index (χ3n) is 6.44. The van der Waals surface area contributed by atoms with Crippen LogP contribution in [-0.2, 0) is 16.1 Å². The van der Waals surface area contributed by atoms with E-state index in [1.165, 1.54) is 23.9 Å². The maximum Gasteiger partial charge on any atom is 0.254 e. The highest BCUT2D eigenvalue weighted by atomic mass is 32.2. The highest BCUT2D eigenvalue weighted by Crippen LogP contribution is 2.45. The summed E-state index contributed by atoms with van der Waals surface area (Å²) < 4.78 is 18.7. The molecule has 0 saturated heterocycles. The first-order chi connectivity index (χ1) is 17.9. The minimum Gasteiger partial charge on any atom is -0.497 e. The van der Waals surface area contributed by atoms with Crippen LogP contribution in [0.15, 0.2) is 75.9 Å². The predicted molar refractivity (Wildman–Crippen MR) is 144 cm³/mol. The molecule has 37 heavy (non-hydrogen) atoms. The molecule has 7 nitrogen and oxygen atoms in total. The van der Waals surface area contributed by atoms with Gasteiger partial charge in [0.25, 0.3) is 5.91 Å². The third kappa shape index (κ3) is 5.72. The van der Waals surface area contributed by atoms with Crippen molar-refractivity contribution in [3.63, 3.8) is 0 Å². The molecule has 2 aromatic rings. The number of halogens is 1. The Balaban J connectivity index is 1.64.